The number of phenols is 1. The SMILES string of the molecule is Nc1ccc(S(=O)(=O)[O-])c2cc(S(=O)(=O)[O-])cc(O)c12.[Na+]. The zero-order valence-electron chi connectivity index (χ0n) is 10.6. The van der Waals surface area contributed by atoms with E-state index in [2.05, 4.69) is 0 Å². The molecule has 3 N–H and O–H groups in total. The Balaban J connectivity index is 0.00000220. The van der Waals surface area contributed by atoms with Gasteiger partial charge in [0.15, 0.2) is 0 Å². The third kappa shape index (κ3) is 3.48. The van der Waals surface area contributed by atoms with Crippen molar-refractivity contribution in [2.75, 3.05) is 5.73 Å². The van der Waals surface area contributed by atoms with Crippen LogP contribution in [-0.2, 0) is 20.2 Å². The number of hydrogen-bond acceptors (Lipinski definition) is 8. The van der Waals surface area contributed by atoms with Gasteiger partial charge < -0.3 is 19.9 Å². The Labute approximate surface area is 142 Å². The first kappa shape index (κ1) is 18.2. The van der Waals surface area contributed by atoms with E-state index in [1.54, 1.807) is 0 Å². The molecular formula is C10H7NNaO7S2-. The molecule has 0 aliphatic rings. The van der Waals surface area contributed by atoms with E-state index in [1.165, 1.54) is 0 Å². The molecule has 0 heterocycles. The number of rotatable bonds is 2. The van der Waals surface area contributed by atoms with Gasteiger partial charge in [0, 0.05) is 16.5 Å². The Hall–Kier alpha value is -0.880. The molecule has 0 radical (unpaired) electrons. The molecule has 11 heteroatoms. The van der Waals surface area contributed by atoms with Gasteiger partial charge in [-0.1, -0.05) is 0 Å². The zero-order chi connectivity index (χ0) is 15.3. The van der Waals surface area contributed by atoms with E-state index >= 15 is 0 Å². The molecule has 8 nitrogen and oxygen atoms in total. The summed E-state index contributed by atoms with van der Waals surface area (Å²) in [7, 11) is -9.88. The van der Waals surface area contributed by atoms with E-state index < -0.39 is 41.2 Å². The van der Waals surface area contributed by atoms with Gasteiger partial charge in [-0.3, -0.25) is 0 Å². The standard InChI is InChI=1S/C10H9NO7S2.Na/c11-7-1-2-9(20(16,17)18)6-3-5(19(13,14)15)4-8(12)10(6)7;/h1-4,12H,11H2,(H,13,14,15)(H,16,17,18);/q;+1/p-2. The van der Waals surface area contributed by atoms with Crippen molar-refractivity contribution in [1.29, 1.82) is 0 Å². The molecule has 0 aromatic heterocycles. The number of phenolic OH excluding ortho intramolecular Hbond substituents is 1. The summed E-state index contributed by atoms with van der Waals surface area (Å²) in [6.45, 7) is 0. The average molecular weight is 340 g/mol. The second-order valence-electron chi connectivity index (χ2n) is 3.93. The summed E-state index contributed by atoms with van der Waals surface area (Å²) in [6, 6.07) is 3.29. The van der Waals surface area contributed by atoms with Crippen molar-refractivity contribution in [1.82, 2.24) is 0 Å². The fourth-order valence-corrected chi connectivity index (χ4v) is 2.98. The minimum atomic E-state index is -4.94. The van der Waals surface area contributed by atoms with Crippen molar-refractivity contribution < 1.29 is 60.6 Å². The molecule has 0 bridgehead atoms. The molecule has 0 aliphatic carbocycles. The minimum Gasteiger partial charge on any atom is -0.744 e. The van der Waals surface area contributed by atoms with Gasteiger partial charge in [-0.05, 0) is 24.3 Å². The molecule has 0 aliphatic heterocycles. The molecule has 0 amide bonds. The van der Waals surface area contributed by atoms with Crippen molar-refractivity contribution in [3.05, 3.63) is 24.3 Å². The van der Waals surface area contributed by atoms with Crippen LogP contribution in [0, 0.1) is 0 Å². The van der Waals surface area contributed by atoms with Crippen LogP contribution in [0.15, 0.2) is 34.1 Å². The van der Waals surface area contributed by atoms with Crippen LogP contribution in [0.2, 0.25) is 0 Å². The summed E-state index contributed by atoms with van der Waals surface area (Å²) in [6.07, 6.45) is 0. The second kappa shape index (κ2) is 5.72. The first-order valence-corrected chi connectivity index (χ1v) is 7.80. The van der Waals surface area contributed by atoms with Gasteiger partial charge in [-0.25, -0.2) is 16.8 Å². The normalized spacial score (nSPS) is 12.1. The molecule has 2 aromatic rings. The number of fused-ring (bicyclic) bond motifs is 1. The monoisotopic (exact) mass is 340 g/mol. The van der Waals surface area contributed by atoms with Crippen LogP contribution in [0.1, 0.15) is 0 Å². The van der Waals surface area contributed by atoms with Gasteiger partial charge in [0.25, 0.3) is 0 Å². The first-order valence-electron chi connectivity index (χ1n) is 4.99. The van der Waals surface area contributed by atoms with E-state index in [9.17, 15) is 31.0 Å². The van der Waals surface area contributed by atoms with Gasteiger partial charge >= 0.3 is 29.6 Å². The fourth-order valence-electron chi connectivity index (χ4n) is 1.80. The molecule has 2 aromatic carbocycles. The van der Waals surface area contributed by atoms with E-state index in [0.717, 1.165) is 12.1 Å². The Kier molecular flexibility index (Phi) is 4.95. The molecule has 0 atom stereocenters. The van der Waals surface area contributed by atoms with E-state index in [-0.39, 0.29) is 40.6 Å². The molecular weight excluding hydrogens is 333 g/mol. The first-order chi connectivity index (χ1) is 9.01. The molecule has 21 heavy (non-hydrogen) atoms. The number of benzene rings is 2. The van der Waals surface area contributed by atoms with Gasteiger partial charge in [0.2, 0.25) is 0 Å². The van der Waals surface area contributed by atoms with Gasteiger partial charge in [-0.15, -0.1) is 0 Å². The fraction of sp³-hybridized carbons (Fsp3) is 0. The summed E-state index contributed by atoms with van der Waals surface area (Å²) < 4.78 is 66.2. The largest absolute Gasteiger partial charge is 1.00 e. The van der Waals surface area contributed by atoms with Crippen LogP contribution in [0.25, 0.3) is 10.8 Å². The van der Waals surface area contributed by atoms with Crippen molar-refractivity contribution in [3.8, 4) is 5.75 Å². The number of anilines is 1. The van der Waals surface area contributed by atoms with Crippen molar-refractivity contribution in [2.45, 2.75) is 9.79 Å². The minimum absolute atomic E-state index is 0. The van der Waals surface area contributed by atoms with Crippen molar-refractivity contribution in [3.63, 3.8) is 0 Å². The second-order valence-corrected chi connectivity index (χ2v) is 6.65. The molecule has 0 saturated carbocycles. The van der Waals surface area contributed by atoms with Crippen LogP contribution >= 0.6 is 0 Å². The van der Waals surface area contributed by atoms with Gasteiger partial charge in [0.05, 0.1) is 9.79 Å². The summed E-state index contributed by atoms with van der Waals surface area (Å²) in [4.78, 5) is -1.64. The summed E-state index contributed by atoms with van der Waals surface area (Å²) in [5, 5.41) is 9.07. The van der Waals surface area contributed by atoms with E-state index in [0.29, 0.717) is 12.1 Å². The van der Waals surface area contributed by atoms with Crippen LogP contribution in [0.4, 0.5) is 5.69 Å². The maximum atomic E-state index is 11.1. The van der Waals surface area contributed by atoms with Crippen LogP contribution < -0.4 is 35.3 Å². The Bertz CT molecular complexity index is 922. The van der Waals surface area contributed by atoms with Gasteiger partial charge in [-0.2, -0.15) is 0 Å². The average Bonchev–Trinajstić information content (AvgIpc) is 2.25. The quantitative estimate of drug-likeness (QED) is 0.331. The molecule has 0 unspecified atom stereocenters. The summed E-state index contributed by atoms with van der Waals surface area (Å²) in [5.74, 6) is -0.708. The predicted octanol–water partition coefficient (Wildman–Crippen LogP) is -3.06. The van der Waals surface area contributed by atoms with Crippen LogP contribution in [-0.4, -0.2) is 31.0 Å². The third-order valence-corrected chi connectivity index (χ3v) is 4.33. The van der Waals surface area contributed by atoms with Crippen LogP contribution in [0.3, 0.4) is 0 Å². The smallest absolute Gasteiger partial charge is 0.744 e. The van der Waals surface area contributed by atoms with Crippen LogP contribution in [0.5, 0.6) is 5.75 Å². The predicted molar refractivity (Wildman–Crippen MR) is 66.0 cm³/mol. The topological polar surface area (TPSA) is 161 Å². The summed E-state index contributed by atoms with van der Waals surface area (Å²) >= 11 is 0. The molecule has 108 valence electrons. The maximum Gasteiger partial charge on any atom is 1.00 e. The number of hydrogen-bond donors (Lipinski definition) is 2. The van der Waals surface area contributed by atoms with E-state index in [4.69, 9.17) is 5.73 Å². The molecule has 0 spiro atoms. The van der Waals surface area contributed by atoms with Crippen molar-refractivity contribution >= 4 is 36.7 Å². The number of nitrogen functional groups attached to an aromatic ring is 1. The third-order valence-electron chi connectivity index (χ3n) is 2.62. The maximum absolute atomic E-state index is 11.1. The van der Waals surface area contributed by atoms with E-state index in [1.807, 2.05) is 0 Å². The van der Waals surface area contributed by atoms with Crippen molar-refractivity contribution in [2.24, 2.45) is 0 Å². The zero-order valence-corrected chi connectivity index (χ0v) is 14.2. The Morgan fingerprint density at radius 1 is 1.00 bits per heavy atom. The molecule has 0 fully saturated rings. The Morgan fingerprint density at radius 3 is 2.05 bits per heavy atom. The molecule has 0 saturated heterocycles. The number of aromatic hydroxyl groups is 1. The molecule has 2 rings (SSSR count). The van der Waals surface area contributed by atoms with Gasteiger partial charge in [0.1, 0.15) is 26.0 Å². The number of nitrogens with two attached hydrogens (primary N) is 1. The Morgan fingerprint density at radius 2 is 1.57 bits per heavy atom. The summed E-state index contributed by atoms with van der Waals surface area (Å²) in [5.41, 5.74) is 5.47.